The maximum absolute atomic E-state index is 12.7. The summed E-state index contributed by atoms with van der Waals surface area (Å²) in [6.07, 6.45) is -8.15. The van der Waals surface area contributed by atoms with E-state index in [1.165, 1.54) is 0 Å². The Hall–Kier alpha value is -2.24. The number of aliphatic hydroxyl groups is 1. The van der Waals surface area contributed by atoms with Gasteiger partial charge in [-0.3, -0.25) is 9.48 Å². The molecule has 0 saturated carbocycles. The van der Waals surface area contributed by atoms with Gasteiger partial charge in [0.15, 0.2) is 5.69 Å². The number of carbonyl (C=O) groups is 1. The molecule has 2 heterocycles. The molecule has 1 aromatic rings. The lowest BCUT2D eigenvalue weighted by Gasteiger charge is -2.33. The fraction of sp³-hybridized carbons (Fsp3) is 0.400. The predicted octanol–water partition coefficient (Wildman–Crippen LogP) is 1.01. The number of hydrogen-bond donors (Lipinski definition) is 2. The van der Waals surface area contributed by atoms with Gasteiger partial charge in [0.25, 0.3) is 11.6 Å². The van der Waals surface area contributed by atoms with E-state index in [0.29, 0.717) is 23.0 Å². The van der Waals surface area contributed by atoms with Crippen LogP contribution in [0.2, 0.25) is 0 Å². The van der Waals surface area contributed by atoms with Gasteiger partial charge in [-0.1, -0.05) is 0 Å². The summed E-state index contributed by atoms with van der Waals surface area (Å²) < 4.78 is 75.8. The summed E-state index contributed by atoms with van der Waals surface area (Å²) in [4.78, 5) is 11.8. The highest BCUT2D eigenvalue weighted by molar-refractivity contribution is 5.77. The lowest BCUT2D eigenvalue weighted by atomic mass is 10.2. The standard InChI is InChI=1S/C10H8F6N4O2/c11-9(12,13)6-1-4-19(18-6)5-7(21)20-8(22,2-3-17-20)10(14,15)16/h1-4,17,22H,5H2/t8-/m0/s1. The van der Waals surface area contributed by atoms with E-state index in [4.69, 9.17) is 0 Å². The highest BCUT2D eigenvalue weighted by Crippen LogP contribution is 2.36. The molecule has 1 amide bonds. The van der Waals surface area contributed by atoms with Crippen molar-refractivity contribution in [2.24, 2.45) is 0 Å². The molecule has 1 atom stereocenters. The summed E-state index contributed by atoms with van der Waals surface area (Å²) >= 11 is 0. The molecule has 0 fully saturated rings. The number of alkyl halides is 6. The van der Waals surface area contributed by atoms with Gasteiger partial charge in [-0.15, -0.1) is 0 Å². The predicted molar refractivity (Wildman–Crippen MR) is 57.4 cm³/mol. The first-order valence-corrected chi connectivity index (χ1v) is 5.62. The Morgan fingerprint density at radius 2 is 1.95 bits per heavy atom. The van der Waals surface area contributed by atoms with E-state index >= 15 is 0 Å². The number of hydrazine groups is 1. The SMILES string of the molecule is O=C(Cn1ccc(C(F)(F)F)n1)N1NC=C[C@]1(O)C(F)(F)F. The summed E-state index contributed by atoms with van der Waals surface area (Å²) in [5, 5.41) is 12.4. The van der Waals surface area contributed by atoms with Crippen LogP contribution in [-0.4, -0.2) is 37.7 Å². The van der Waals surface area contributed by atoms with Crippen molar-refractivity contribution in [3.05, 3.63) is 30.2 Å². The van der Waals surface area contributed by atoms with Gasteiger partial charge < -0.3 is 10.5 Å². The third kappa shape index (κ3) is 2.73. The summed E-state index contributed by atoms with van der Waals surface area (Å²) in [5.74, 6) is -1.33. The molecule has 122 valence electrons. The number of hydrogen-bond acceptors (Lipinski definition) is 4. The van der Waals surface area contributed by atoms with Gasteiger partial charge in [-0.05, 0) is 12.1 Å². The third-order valence-corrected chi connectivity index (χ3v) is 2.76. The first-order valence-electron chi connectivity index (χ1n) is 5.62. The normalized spacial score (nSPS) is 22.0. The second kappa shape index (κ2) is 4.90. The molecule has 1 aromatic heterocycles. The van der Waals surface area contributed by atoms with E-state index in [0.717, 1.165) is 6.20 Å². The van der Waals surface area contributed by atoms with E-state index in [1.807, 2.05) is 5.43 Å². The maximum atomic E-state index is 12.7. The van der Waals surface area contributed by atoms with Crippen LogP contribution in [0.5, 0.6) is 0 Å². The highest BCUT2D eigenvalue weighted by atomic mass is 19.4. The quantitative estimate of drug-likeness (QED) is 0.794. The molecule has 22 heavy (non-hydrogen) atoms. The van der Waals surface area contributed by atoms with Gasteiger partial charge in [-0.2, -0.15) is 31.4 Å². The molecule has 0 aliphatic carbocycles. The van der Waals surface area contributed by atoms with E-state index in [1.54, 1.807) is 0 Å². The van der Waals surface area contributed by atoms with E-state index < -0.39 is 36.2 Å². The van der Waals surface area contributed by atoms with E-state index in [9.17, 15) is 36.2 Å². The van der Waals surface area contributed by atoms with Crippen LogP contribution in [0.25, 0.3) is 0 Å². The number of halogens is 6. The topological polar surface area (TPSA) is 70.4 Å². The zero-order chi connectivity index (χ0) is 16.8. The van der Waals surface area contributed by atoms with Crippen LogP contribution in [0.3, 0.4) is 0 Å². The third-order valence-electron chi connectivity index (χ3n) is 2.76. The number of carbonyl (C=O) groups excluding carboxylic acids is 1. The minimum atomic E-state index is -5.19. The van der Waals surface area contributed by atoms with Crippen molar-refractivity contribution < 1.29 is 36.2 Å². The zero-order valence-corrected chi connectivity index (χ0v) is 10.5. The Morgan fingerprint density at radius 1 is 1.32 bits per heavy atom. The Balaban J connectivity index is 2.15. The monoisotopic (exact) mass is 330 g/mol. The van der Waals surface area contributed by atoms with Gasteiger partial charge in [0.1, 0.15) is 6.54 Å². The smallest absolute Gasteiger partial charge is 0.359 e. The van der Waals surface area contributed by atoms with Crippen LogP contribution in [-0.2, 0) is 17.5 Å². The number of rotatable bonds is 2. The molecule has 12 heteroatoms. The fourth-order valence-electron chi connectivity index (χ4n) is 1.69. The molecule has 0 unspecified atom stereocenters. The fourth-order valence-corrected chi connectivity index (χ4v) is 1.69. The molecule has 1 aliphatic rings. The van der Waals surface area contributed by atoms with Crippen molar-refractivity contribution in [3.63, 3.8) is 0 Å². The van der Waals surface area contributed by atoms with Gasteiger partial charge in [0, 0.05) is 12.4 Å². The van der Waals surface area contributed by atoms with Crippen molar-refractivity contribution in [2.75, 3.05) is 0 Å². The molecule has 2 rings (SSSR count). The van der Waals surface area contributed by atoms with Gasteiger partial charge in [0.05, 0.1) is 0 Å². The molecule has 2 N–H and O–H groups in total. The Morgan fingerprint density at radius 3 is 2.45 bits per heavy atom. The van der Waals surface area contributed by atoms with Crippen molar-refractivity contribution in [1.29, 1.82) is 0 Å². The molecular formula is C10H8F6N4O2. The molecule has 0 bridgehead atoms. The van der Waals surface area contributed by atoms with Crippen LogP contribution in [0.15, 0.2) is 24.5 Å². The lowest BCUT2D eigenvalue weighted by Crippen LogP contribution is -2.61. The minimum Gasteiger partial charge on any atom is -0.359 e. The number of nitrogens with zero attached hydrogens (tertiary/aromatic N) is 3. The molecule has 6 nitrogen and oxygen atoms in total. The molecule has 0 spiro atoms. The minimum absolute atomic E-state index is 0.137. The molecule has 0 aromatic carbocycles. The Kier molecular flexibility index (Phi) is 3.59. The average Bonchev–Trinajstić information content (AvgIpc) is 2.94. The van der Waals surface area contributed by atoms with Crippen LogP contribution >= 0.6 is 0 Å². The first kappa shape index (κ1) is 16.1. The zero-order valence-electron chi connectivity index (χ0n) is 10.5. The summed E-state index contributed by atoms with van der Waals surface area (Å²) in [6, 6.07) is 0.568. The summed E-state index contributed by atoms with van der Waals surface area (Å²) in [6.45, 7) is -0.927. The molecular weight excluding hydrogens is 322 g/mol. The Labute approximate surface area is 118 Å². The molecule has 0 radical (unpaired) electrons. The Bertz CT molecular complexity index is 607. The summed E-state index contributed by atoms with van der Waals surface area (Å²) in [5.41, 5.74) is -2.99. The van der Waals surface area contributed by atoms with Gasteiger partial charge in [-0.25, -0.2) is 5.01 Å². The molecule has 0 saturated heterocycles. The summed E-state index contributed by atoms with van der Waals surface area (Å²) in [7, 11) is 0. The lowest BCUT2D eigenvalue weighted by molar-refractivity contribution is -0.289. The molecule has 1 aliphatic heterocycles. The second-order valence-electron chi connectivity index (χ2n) is 4.31. The highest BCUT2D eigenvalue weighted by Gasteiger charge is 2.60. The van der Waals surface area contributed by atoms with Crippen molar-refractivity contribution >= 4 is 5.91 Å². The van der Waals surface area contributed by atoms with E-state index in [-0.39, 0.29) is 5.01 Å². The van der Waals surface area contributed by atoms with Crippen LogP contribution in [0.1, 0.15) is 5.69 Å². The van der Waals surface area contributed by atoms with Crippen LogP contribution in [0.4, 0.5) is 26.3 Å². The first-order chi connectivity index (χ1) is 9.95. The van der Waals surface area contributed by atoms with Crippen molar-refractivity contribution in [1.82, 2.24) is 20.2 Å². The average molecular weight is 330 g/mol. The second-order valence-corrected chi connectivity index (χ2v) is 4.31. The number of amides is 1. The maximum Gasteiger partial charge on any atom is 0.442 e. The van der Waals surface area contributed by atoms with E-state index in [2.05, 4.69) is 5.10 Å². The van der Waals surface area contributed by atoms with Crippen molar-refractivity contribution in [2.45, 2.75) is 24.6 Å². The van der Waals surface area contributed by atoms with Gasteiger partial charge >= 0.3 is 12.4 Å². The largest absolute Gasteiger partial charge is 0.442 e. The van der Waals surface area contributed by atoms with Crippen LogP contribution < -0.4 is 5.43 Å². The number of aromatic nitrogens is 2. The van der Waals surface area contributed by atoms with Gasteiger partial charge in [0.2, 0.25) is 0 Å². The number of nitrogens with one attached hydrogen (secondary N) is 1. The van der Waals surface area contributed by atoms with Crippen molar-refractivity contribution in [3.8, 4) is 0 Å². The van der Waals surface area contributed by atoms with Crippen LogP contribution in [0, 0.1) is 0 Å².